The van der Waals surface area contributed by atoms with E-state index in [1.54, 1.807) is 0 Å². The van der Waals surface area contributed by atoms with Crippen molar-refractivity contribution in [3.05, 3.63) is 15.6 Å². The Balaban J connectivity index is 2.88. The molecule has 0 fully saturated rings. The molecule has 0 aromatic carbocycles. The van der Waals surface area contributed by atoms with E-state index >= 15 is 0 Å². The van der Waals surface area contributed by atoms with Crippen molar-refractivity contribution in [1.29, 1.82) is 0 Å². The van der Waals surface area contributed by atoms with E-state index in [0.717, 1.165) is 33.8 Å². The molecule has 1 N–H and O–H groups in total. The van der Waals surface area contributed by atoms with Crippen LogP contribution in [0.3, 0.4) is 0 Å². The van der Waals surface area contributed by atoms with E-state index in [0.29, 0.717) is 0 Å². The Morgan fingerprint density at radius 2 is 2.00 bits per heavy atom. The fourth-order valence-corrected chi connectivity index (χ4v) is 3.44. The molecule has 0 unspecified atom stereocenters. The first kappa shape index (κ1) is 14.6. The Morgan fingerprint density at radius 3 is 2.35 bits per heavy atom. The lowest BCUT2D eigenvalue weighted by Crippen LogP contribution is -2.49. The number of nitrogens with one attached hydrogen (secondary N) is 1. The molecule has 0 radical (unpaired) electrons. The highest BCUT2D eigenvalue weighted by atomic mass is 79.9. The second kappa shape index (κ2) is 5.96. The Morgan fingerprint density at radius 1 is 1.41 bits per heavy atom. The van der Waals surface area contributed by atoms with Crippen LogP contribution in [-0.2, 0) is 0 Å². The van der Waals surface area contributed by atoms with Gasteiger partial charge in [0.15, 0.2) is 0 Å². The van der Waals surface area contributed by atoms with Crippen LogP contribution in [-0.4, -0.2) is 21.8 Å². The predicted molar refractivity (Wildman–Crippen MR) is 76.2 cm³/mol. The highest BCUT2D eigenvalue weighted by Crippen LogP contribution is 2.22. The zero-order chi connectivity index (χ0) is 13.1. The van der Waals surface area contributed by atoms with Crippen molar-refractivity contribution in [2.75, 3.05) is 5.33 Å². The molecular formula is C12H19BrN2OS. The number of nitrogens with zero attached hydrogens (tertiary/aromatic N) is 1. The summed E-state index contributed by atoms with van der Waals surface area (Å²) in [5.41, 5.74) is 0.669. The Bertz CT molecular complexity index is 391. The minimum Gasteiger partial charge on any atom is -0.345 e. The average molecular weight is 319 g/mol. The maximum Gasteiger partial charge on any atom is 0.263 e. The van der Waals surface area contributed by atoms with Crippen molar-refractivity contribution in [2.24, 2.45) is 0 Å². The molecule has 0 aliphatic heterocycles. The van der Waals surface area contributed by atoms with E-state index < -0.39 is 0 Å². The number of hydrogen-bond acceptors (Lipinski definition) is 3. The number of carbonyl (C=O) groups is 1. The highest BCUT2D eigenvalue weighted by Gasteiger charge is 2.28. The smallest absolute Gasteiger partial charge is 0.263 e. The van der Waals surface area contributed by atoms with E-state index in [2.05, 4.69) is 40.1 Å². The zero-order valence-electron chi connectivity index (χ0n) is 10.8. The number of aryl methyl sites for hydroxylation is 2. The number of thiazole rings is 1. The molecule has 0 saturated carbocycles. The number of aromatic nitrogens is 1. The molecule has 1 aromatic heterocycles. The van der Waals surface area contributed by atoms with Crippen molar-refractivity contribution in [2.45, 2.75) is 46.1 Å². The average Bonchev–Trinajstić information content (AvgIpc) is 2.65. The summed E-state index contributed by atoms with van der Waals surface area (Å²) in [6, 6.07) is 0. The first-order chi connectivity index (χ1) is 7.98. The second-order valence-corrected chi connectivity index (χ2v) is 5.99. The van der Waals surface area contributed by atoms with Gasteiger partial charge in [0, 0.05) is 10.9 Å². The Labute approximate surface area is 115 Å². The van der Waals surface area contributed by atoms with Crippen LogP contribution in [0.2, 0.25) is 0 Å². The first-order valence-corrected chi connectivity index (χ1v) is 7.74. The van der Waals surface area contributed by atoms with Crippen LogP contribution in [0.5, 0.6) is 0 Å². The zero-order valence-corrected chi connectivity index (χ0v) is 13.2. The molecule has 0 bridgehead atoms. The lowest BCUT2D eigenvalue weighted by molar-refractivity contribution is 0.0907. The van der Waals surface area contributed by atoms with Gasteiger partial charge in [-0.15, -0.1) is 11.3 Å². The van der Waals surface area contributed by atoms with Gasteiger partial charge in [-0.05, 0) is 26.7 Å². The van der Waals surface area contributed by atoms with Gasteiger partial charge in [-0.1, -0.05) is 29.8 Å². The maximum atomic E-state index is 12.2. The molecule has 1 heterocycles. The summed E-state index contributed by atoms with van der Waals surface area (Å²) in [6.07, 6.45) is 1.83. The fraction of sp³-hybridized carbons (Fsp3) is 0.667. The molecule has 0 aliphatic rings. The van der Waals surface area contributed by atoms with Gasteiger partial charge in [0.05, 0.1) is 10.7 Å². The molecule has 96 valence electrons. The Kier molecular flexibility index (Phi) is 5.13. The van der Waals surface area contributed by atoms with E-state index in [-0.39, 0.29) is 11.4 Å². The van der Waals surface area contributed by atoms with Gasteiger partial charge >= 0.3 is 0 Å². The van der Waals surface area contributed by atoms with E-state index in [9.17, 15) is 4.79 Å². The number of halogens is 1. The minimum atomic E-state index is -0.151. The van der Waals surface area contributed by atoms with Crippen molar-refractivity contribution in [3.8, 4) is 0 Å². The predicted octanol–water partition coefficient (Wildman–Crippen LogP) is 3.44. The van der Waals surface area contributed by atoms with E-state index in [1.807, 2.05) is 13.8 Å². The molecule has 0 aliphatic carbocycles. The van der Waals surface area contributed by atoms with Crippen molar-refractivity contribution < 1.29 is 4.79 Å². The van der Waals surface area contributed by atoms with Crippen molar-refractivity contribution in [1.82, 2.24) is 10.3 Å². The molecule has 1 aromatic rings. The lowest BCUT2D eigenvalue weighted by Gasteiger charge is -2.30. The summed E-state index contributed by atoms with van der Waals surface area (Å²) in [7, 11) is 0. The highest BCUT2D eigenvalue weighted by molar-refractivity contribution is 9.09. The monoisotopic (exact) mass is 318 g/mol. The van der Waals surface area contributed by atoms with Crippen LogP contribution in [0.25, 0.3) is 0 Å². The van der Waals surface area contributed by atoms with Crippen molar-refractivity contribution in [3.63, 3.8) is 0 Å². The molecule has 17 heavy (non-hydrogen) atoms. The molecule has 0 spiro atoms. The number of carbonyl (C=O) groups excluding carboxylic acids is 1. The third kappa shape index (κ3) is 3.28. The summed E-state index contributed by atoms with van der Waals surface area (Å²) in [6.45, 7) is 7.99. The van der Waals surface area contributed by atoms with Crippen LogP contribution in [0.1, 0.15) is 47.1 Å². The Hall–Kier alpha value is -0.420. The van der Waals surface area contributed by atoms with Gasteiger partial charge in [0.25, 0.3) is 5.91 Å². The van der Waals surface area contributed by atoms with Crippen LogP contribution in [0.15, 0.2) is 0 Å². The first-order valence-electron chi connectivity index (χ1n) is 5.80. The molecule has 0 atom stereocenters. The third-order valence-corrected chi connectivity index (χ3v) is 5.24. The third-order valence-electron chi connectivity index (χ3n) is 3.10. The lowest BCUT2D eigenvalue weighted by atomic mass is 9.95. The van der Waals surface area contributed by atoms with E-state index in [1.165, 1.54) is 11.3 Å². The maximum absolute atomic E-state index is 12.2. The summed E-state index contributed by atoms with van der Waals surface area (Å²) >= 11 is 4.95. The van der Waals surface area contributed by atoms with Crippen LogP contribution < -0.4 is 5.32 Å². The van der Waals surface area contributed by atoms with Gasteiger partial charge in [0.1, 0.15) is 4.88 Å². The molecular weight excluding hydrogens is 300 g/mol. The van der Waals surface area contributed by atoms with Gasteiger partial charge in [-0.2, -0.15) is 0 Å². The quantitative estimate of drug-likeness (QED) is 0.845. The molecule has 0 saturated heterocycles. The molecule has 5 heteroatoms. The number of rotatable bonds is 5. The van der Waals surface area contributed by atoms with Crippen LogP contribution in [0.4, 0.5) is 0 Å². The van der Waals surface area contributed by atoms with E-state index in [4.69, 9.17) is 0 Å². The van der Waals surface area contributed by atoms with Gasteiger partial charge in [-0.25, -0.2) is 4.98 Å². The number of hydrogen-bond donors (Lipinski definition) is 1. The second-order valence-electron chi connectivity index (χ2n) is 4.22. The van der Waals surface area contributed by atoms with Crippen molar-refractivity contribution >= 4 is 33.2 Å². The number of alkyl halides is 1. The summed E-state index contributed by atoms with van der Waals surface area (Å²) < 4.78 is 0. The largest absolute Gasteiger partial charge is 0.345 e. The topological polar surface area (TPSA) is 42.0 Å². The van der Waals surface area contributed by atoms with Gasteiger partial charge < -0.3 is 5.32 Å². The summed E-state index contributed by atoms with van der Waals surface area (Å²) in [4.78, 5) is 17.2. The SMILES string of the molecule is CCC(CC)(CBr)NC(=O)c1sc(C)nc1C. The number of amides is 1. The summed E-state index contributed by atoms with van der Waals surface area (Å²) in [5, 5.41) is 4.84. The van der Waals surface area contributed by atoms with Gasteiger partial charge in [0.2, 0.25) is 0 Å². The standard InChI is InChI=1S/C12H19BrN2OS/c1-5-12(6-2,7-13)15-11(16)10-8(3)14-9(4)17-10/h5-7H2,1-4H3,(H,15,16). The summed E-state index contributed by atoms with van der Waals surface area (Å²) in [5.74, 6) is -0.00347. The molecule has 1 rings (SSSR count). The van der Waals surface area contributed by atoms with Crippen LogP contribution >= 0.6 is 27.3 Å². The molecule has 3 nitrogen and oxygen atoms in total. The fourth-order valence-electron chi connectivity index (χ4n) is 1.69. The van der Waals surface area contributed by atoms with Gasteiger partial charge in [-0.3, -0.25) is 4.79 Å². The van der Waals surface area contributed by atoms with Crippen LogP contribution in [0, 0.1) is 13.8 Å². The normalized spacial score (nSPS) is 11.6. The molecule has 1 amide bonds. The minimum absolute atomic E-state index is 0.00347.